The quantitative estimate of drug-likeness (QED) is 0.434. The van der Waals surface area contributed by atoms with E-state index in [9.17, 15) is 4.79 Å². The van der Waals surface area contributed by atoms with Crippen molar-refractivity contribution in [3.05, 3.63) is 66.0 Å². The molecule has 1 aliphatic carbocycles. The summed E-state index contributed by atoms with van der Waals surface area (Å²) in [6, 6.07) is 13.3. The first-order valence-electron chi connectivity index (χ1n) is 11.3. The maximum Gasteiger partial charge on any atom is 0.257 e. The SMILES string of the molecule is COc1ncc(-c2ccn3nc(N)nc3c2)cc1C(=O)NCc1ccccc1OC1CCCC1. The number of nitrogen functional groups attached to an aromatic ring is 1. The number of carbonyl (C=O) groups is 1. The summed E-state index contributed by atoms with van der Waals surface area (Å²) >= 11 is 0. The van der Waals surface area contributed by atoms with E-state index in [4.69, 9.17) is 15.2 Å². The summed E-state index contributed by atoms with van der Waals surface area (Å²) in [5.74, 6) is 0.982. The molecule has 5 rings (SSSR count). The van der Waals surface area contributed by atoms with E-state index in [0.717, 1.165) is 35.3 Å². The number of carbonyl (C=O) groups excluding carboxylic acids is 1. The van der Waals surface area contributed by atoms with Crippen LogP contribution in [0.4, 0.5) is 5.95 Å². The largest absolute Gasteiger partial charge is 0.490 e. The smallest absolute Gasteiger partial charge is 0.257 e. The number of amides is 1. The summed E-state index contributed by atoms with van der Waals surface area (Å²) in [7, 11) is 1.49. The number of nitrogens with one attached hydrogen (secondary N) is 1. The minimum absolute atomic E-state index is 0.197. The number of anilines is 1. The van der Waals surface area contributed by atoms with Crippen LogP contribution in [0.3, 0.4) is 0 Å². The molecule has 3 aromatic heterocycles. The van der Waals surface area contributed by atoms with Crippen molar-refractivity contribution in [2.24, 2.45) is 0 Å². The van der Waals surface area contributed by atoms with Crippen molar-refractivity contribution in [1.82, 2.24) is 24.9 Å². The Morgan fingerprint density at radius 3 is 2.82 bits per heavy atom. The Bertz CT molecular complexity index is 1330. The molecule has 0 bridgehead atoms. The highest BCUT2D eigenvalue weighted by molar-refractivity contribution is 5.97. The van der Waals surface area contributed by atoms with Gasteiger partial charge in [-0.25, -0.2) is 9.50 Å². The Hall–Kier alpha value is -4.14. The molecule has 9 heteroatoms. The number of pyridine rings is 2. The van der Waals surface area contributed by atoms with Crippen molar-refractivity contribution >= 4 is 17.5 Å². The van der Waals surface area contributed by atoms with Gasteiger partial charge in [-0.2, -0.15) is 4.98 Å². The Labute approximate surface area is 196 Å². The van der Waals surface area contributed by atoms with E-state index in [-0.39, 0.29) is 23.8 Å². The molecular weight excluding hydrogens is 432 g/mol. The molecule has 4 aromatic rings. The van der Waals surface area contributed by atoms with Crippen LogP contribution in [0.2, 0.25) is 0 Å². The third-order valence-corrected chi connectivity index (χ3v) is 5.98. The summed E-state index contributed by atoms with van der Waals surface area (Å²) in [4.78, 5) is 21.7. The van der Waals surface area contributed by atoms with E-state index in [1.54, 1.807) is 23.0 Å². The van der Waals surface area contributed by atoms with Crippen LogP contribution in [0.1, 0.15) is 41.6 Å². The summed E-state index contributed by atoms with van der Waals surface area (Å²) < 4.78 is 13.1. The van der Waals surface area contributed by atoms with E-state index in [1.165, 1.54) is 20.0 Å². The standard InChI is InChI=1S/C25H26N6O3/c1-33-24-20(12-18(15-28-24)16-10-11-31-22(13-16)29-25(26)30-31)23(32)27-14-17-6-2-5-9-21(17)34-19-7-3-4-8-19/h2,5-6,9-13,15,19H,3-4,7-8,14H2,1H3,(H2,26,30)(H,27,32). The van der Waals surface area contributed by atoms with E-state index >= 15 is 0 Å². The van der Waals surface area contributed by atoms with Gasteiger partial charge in [-0.3, -0.25) is 4.79 Å². The van der Waals surface area contributed by atoms with Crippen LogP contribution >= 0.6 is 0 Å². The van der Waals surface area contributed by atoms with Gasteiger partial charge in [0.25, 0.3) is 5.91 Å². The van der Waals surface area contributed by atoms with E-state index in [1.807, 2.05) is 36.4 Å². The van der Waals surface area contributed by atoms with Gasteiger partial charge in [-0.05, 0) is 55.5 Å². The fourth-order valence-corrected chi connectivity index (χ4v) is 4.24. The lowest BCUT2D eigenvalue weighted by Crippen LogP contribution is -2.24. The molecule has 1 saturated carbocycles. The van der Waals surface area contributed by atoms with Crippen LogP contribution in [-0.2, 0) is 6.54 Å². The number of methoxy groups -OCH3 is 1. The normalized spacial score (nSPS) is 13.8. The summed E-state index contributed by atoms with van der Waals surface area (Å²) in [5.41, 5.74) is 9.15. The number of ether oxygens (including phenoxy) is 2. The monoisotopic (exact) mass is 458 g/mol. The Kier molecular flexibility index (Phi) is 5.99. The third-order valence-electron chi connectivity index (χ3n) is 5.98. The lowest BCUT2D eigenvalue weighted by molar-refractivity contribution is 0.0946. The Morgan fingerprint density at radius 2 is 2.00 bits per heavy atom. The summed E-state index contributed by atoms with van der Waals surface area (Å²) in [6.45, 7) is 0.333. The molecule has 9 nitrogen and oxygen atoms in total. The average molecular weight is 459 g/mol. The first kappa shape index (κ1) is 21.7. The van der Waals surface area contributed by atoms with Gasteiger partial charge in [-0.1, -0.05) is 18.2 Å². The zero-order chi connectivity index (χ0) is 23.5. The van der Waals surface area contributed by atoms with Crippen molar-refractivity contribution in [2.75, 3.05) is 12.8 Å². The Morgan fingerprint density at radius 1 is 1.18 bits per heavy atom. The summed E-state index contributed by atoms with van der Waals surface area (Å²) in [6.07, 6.45) is 8.21. The molecule has 1 fully saturated rings. The molecule has 3 heterocycles. The zero-order valence-corrected chi connectivity index (χ0v) is 18.9. The van der Waals surface area contributed by atoms with Gasteiger partial charge in [0.2, 0.25) is 11.8 Å². The predicted octanol–water partition coefficient (Wildman–Crippen LogP) is 3.63. The number of nitrogens with two attached hydrogens (primary N) is 1. The fourth-order valence-electron chi connectivity index (χ4n) is 4.24. The van der Waals surface area contributed by atoms with Crippen LogP contribution in [0.25, 0.3) is 16.8 Å². The molecule has 3 N–H and O–H groups in total. The molecule has 0 spiro atoms. The zero-order valence-electron chi connectivity index (χ0n) is 18.9. The van der Waals surface area contributed by atoms with Crippen LogP contribution in [0, 0.1) is 0 Å². The molecule has 0 saturated heterocycles. The molecular formula is C25H26N6O3. The van der Waals surface area contributed by atoms with Gasteiger partial charge in [0.15, 0.2) is 5.65 Å². The predicted molar refractivity (Wildman–Crippen MR) is 128 cm³/mol. The topological polar surface area (TPSA) is 117 Å². The highest BCUT2D eigenvalue weighted by Gasteiger charge is 2.19. The molecule has 0 radical (unpaired) electrons. The van der Waals surface area contributed by atoms with Gasteiger partial charge < -0.3 is 20.5 Å². The first-order valence-corrected chi connectivity index (χ1v) is 11.3. The van der Waals surface area contributed by atoms with Gasteiger partial charge in [0.1, 0.15) is 11.3 Å². The molecule has 0 aliphatic heterocycles. The maximum absolute atomic E-state index is 13.1. The number of hydrogen-bond donors (Lipinski definition) is 2. The minimum Gasteiger partial charge on any atom is -0.490 e. The van der Waals surface area contributed by atoms with Gasteiger partial charge in [-0.15, -0.1) is 5.10 Å². The van der Waals surface area contributed by atoms with Crippen molar-refractivity contribution in [3.63, 3.8) is 0 Å². The molecule has 174 valence electrons. The number of aromatic nitrogens is 4. The van der Waals surface area contributed by atoms with Crippen LogP contribution in [0.5, 0.6) is 11.6 Å². The fraction of sp³-hybridized carbons (Fsp3) is 0.280. The molecule has 0 unspecified atom stereocenters. The highest BCUT2D eigenvalue weighted by atomic mass is 16.5. The molecule has 0 atom stereocenters. The molecule has 34 heavy (non-hydrogen) atoms. The number of nitrogens with zero attached hydrogens (tertiary/aromatic N) is 4. The summed E-state index contributed by atoms with van der Waals surface area (Å²) in [5, 5.41) is 7.07. The van der Waals surface area contributed by atoms with E-state index in [0.29, 0.717) is 17.8 Å². The number of hydrogen-bond acceptors (Lipinski definition) is 7. The second-order valence-electron chi connectivity index (χ2n) is 8.28. The second-order valence-corrected chi connectivity index (χ2v) is 8.28. The van der Waals surface area contributed by atoms with E-state index in [2.05, 4.69) is 20.4 Å². The van der Waals surface area contributed by atoms with Crippen molar-refractivity contribution in [1.29, 1.82) is 0 Å². The first-order chi connectivity index (χ1) is 16.6. The van der Waals surface area contributed by atoms with Crippen molar-refractivity contribution < 1.29 is 14.3 Å². The van der Waals surface area contributed by atoms with Gasteiger partial charge in [0.05, 0.1) is 13.2 Å². The van der Waals surface area contributed by atoms with Crippen LogP contribution in [0.15, 0.2) is 54.9 Å². The molecule has 1 aromatic carbocycles. The lowest BCUT2D eigenvalue weighted by atomic mass is 10.1. The maximum atomic E-state index is 13.1. The number of benzene rings is 1. The number of para-hydroxylation sites is 1. The number of fused-ring (bicyclic) bond motifs is 1. The average Bonchev–Trinajstić information content (AvgIpc) is 3.50. The van der Waals surface area contributed by atoms with Gasteiger partial charge in [0, 0.05) is 30.1 Å². The van der Waals surface area contributed by atoms with Crippen LogP contribution < -0.4 is 20.5 Å². The molecule has 1 amide bonds. The third kappa shape index (κ3) is 4.50. The van der Waals surface area contributed by atoms with Crippen molar-refractivity contribution in [2.45, 2.75) is 38.3 Å². The van der Waals surface area contributed by atoms with E-state index < -0.39 is 0 Å². The Balaban J connectivity index is 1.36. The number of rotatable bonds is 7. The van der Waals surface area contributed by atoms with Crippen LogP contribution in [-0.4, -0.2) is 38.7 Å². The van der Waals surface area contributed by atoms with Crippen molar-refractivity contribution in [3.8, 4) is 22.8 Å². The van der Waals surface area contributed by atoms with Gasteiger partial charge >= 0.3 is 0 Å². The highest BCUT2D eigenvalue weighted by Crippen LogP contribution is 2.28. The molecule has 1 aliphatic rings. The minimum atomic E-state index is -0.283. The second kappa shape index (κ2) is 9.38. The lowest BCUT2D eigenvalue weighted by Gasteiger charge is -2.17.